The second-order valence-corrected chi connectivity index (χ2v) is 8.22. The molecule has 0 aromatic heterocycles. The largest absolute Gasteiger partial charge is 0.494 e. The predicted octanol–water partition coefficient (Wildman–Crippen LogP) is 6.56. The third-order valence-corrected chi connectivity index (χ3v) is 6.11. The summed E-state index contributed by atoms with van der Waals surface area (Å²) >= 11 is 1.39. The van der Waals surface area contributed by atoms with Gasteiger partial charge in [-0.05, 0) is 62.3 Å². The topological polar surface area (TPSA) is 53.5 Å². The number of aryl methyl sites for hydroxylation is 1. The predicted molar refractivity (Wildman–Crippen MR) is 118 cm³/mol. The Morgan fingerprint density at radius 3 is 2.37 bits per heavy atom. The van der Waals surface area contributed by atoms with Gasteiger partial charge in [-0.1, -0.05) is 19.9 Å². The van der Waals surface area contributed by atoms with Crippen molar-refractivity contribution in [3.8, 4) is 5.75 Å². The van der Waals surface area contributed by atoms with Crippen molar-refractivity contribution in [3.63, 3.8) is 0 Å². The van der Waals surface area contributed by atoms with E-state index in [-0.39, 0.29) is 34.2 Å². The summed E-state index contributed by atoms with van der Waals surface area (Å²) in [6, 6.07) is 5.42. The summed E-state index contributed by atoms with van der Waals surface area (Å²) in [5.41, 5.74) is 0.743. The van der Waals surface area contributed by atoms with E-state index in [2.05, 4.69) is 10.0 Å². The summed E-state index contributed by atoms with van der Waals surface area (Å²) in [7, 11) is 1.36. The molecule has 0 amide bonds. The van der Waals surface area contributed by atoms with Crippen LogP contribution in [-0.2, 0) is 0 Å². The Labute approximate surface area is 180 Å². The molecule has 3 rings (SSSR count). The fourth-order valence-electron chi connectivity index (χ4n) is 2.94. The highest BCUT2D eigenvalue weighted by Crippen LogP contribution is 2.53. The smallest absolute Gasteiger partial charge is 0.184 e. The van der Waals surface area contributed by atoms with Gasteiger partial charge in [-0.2, -0.15) is 0 Å². The maximum Gasteiger partial charge on any atom is 0.184 e. The first kappa shape index (κ1) is 24.2. The third kappa shape index (κ3) is 5.76. The average Bonchev–Trinajstić information content (AvgIpc) is 3.52. The lowest BCUT2D eigenvalue weighted by Gasteiger charge is -2.21. The molecule has 0 unspecified atom stereocenters. The Morgan fingerprint density at radius 1 is 1.10 bits per heavy atom. The molecule has 0 aliphatic heterocycles. The number of halogens is 3. The zero-order chi connectivity index (χ0) is 22.3. The molecule has 30 heavy (non-hydrogen) atoms. The number of hydrogen-bond acceptors (Lipinski definition) is 5. The SMILES string of the molecule is CC.COc1cc(F)c(F)c(Nc2ccc(C)cc2F)c1NSC1(CCCO)CC1. The molecule has 8 heteroatoms. The van der Waals surface area contributed by atoms with E-state index in [1.165, 1.54) is 31.2 Å². The quantitative estimate of drug-likeness (QED) is 0.384. The van der Waals surface area contributed by atoms with Crippen LogP contribution in [0.4, 0.5) is 30.2 Å². The highest BCUT2D eigenvalue weighted by molar-refractivity contribution is 8.02. The Balaban J connectivity index is 0.00000155. The number of aliphatic hydroxyl groups is 1. The van der Waals surface area contributed by atoms with Crippen molar-refractivity contribution in [2.75, 3.05) is 23.8 Å². The number of rotatable bonds is 9. The molecule has 0 radical (unpaired) electrons. The molecule has 0 atom stereocenters. The van der Waals surface area contributed by atoms with Gasteiger partial charge in [-0.25, -0.2) is 13.2 Å². The van der Waals surface area contributed by atoms with E-state index >= 15 is 0 Å². The molecule has 0 spiro atoms. The van der Waals surface area contributed by atoms with E-state index in [4.69, 9.17) is 9.84 Å². The molecule has 1 aliphatic carbocycles. The van der Waals surface area contributed by atoms with Gasteiger partial charge in [0.05, 0.1) is 12.8 Å². The van der Waals surface area contributed by atoms with Gasteiger partial charge in [-0.15, -0.1) is 0 Å². The van der Waals surface area contributed by atoms with Gasteiger partial charge in [0.1, 0.15) is 22.9 Å². The van der Waals surface area contributed by atoms with Crippen LogP contribution in [0.3, 0.4) is 0 Å². The van der Waals surface area contributed by atoms with Gasteiger partial charge in [0.25, 0.3) is 0 Å². The minimum atomic E-state index is -1.12. The molecule has 2 aromatic carbocycles. The Morgan fingerprint density at radius 2 is 1.80 bits per heavy atom. The summed E-state index contributed by atoms with van der Waals surface area (Å²) in [5.74, 6) is -2.67. The molecule has 0 heterocycles. The van der Waals surface area contributed by atoms with Crippen LogP contribution >= 0.6 is 11.9 Å². The van der Waals surface area contributed by atoms with Gasteiger partial charge in [0, 0.05) is 17.4 Å². The number of methoxy groups -OCH3 is 1. The Kier molecular flexibility index (Phi) is 8.73. The molecule has 0 saturated heterocycles. The normalized spacial score (nSPS) is 13.9. The molecular weight excluding hydrogens is 413 g/mol. The highest BCUT2D eigenvalue weighted by atomic mass is 32.2. The van der Waals surface area contributed by atoms with Crippen molar-refractivity contribution in [3.05, 3.63) is 47.3 Å². The molecule has 166 valence electrons. The average molecular weight is 443 g/mol. The lowest BCUT2D eigenvalue weighted by molar-refractivity contribution is 0.283. The van der Waals surface area contributed by atoms with Crippen LogP contribution in [0.1, 0.15) is 45.1 Å². The number of nitrogens with one attached hydrogen (secondary N) is 2. The van der Waals surface area contributed by atoms with E-state index in [9.17, 15) is 13.2 Å². The first-order valence-corrected chi connectivity index (χ1v) is 10.8. The number of benzene rings is 2. The fourth-order valence-corrected chi connectivity index (χ4v) is 4.02. The molecular formula is C22H29F3N2O2S. The van der Waals surface area contributed by atoms with E-state index < -0.39 is 17.5 Å². The molecule has 1 aliphatic rings. The molecule has 2 aromatic rings. The van der Waals surface area contributed by atoms with Gasteiger partial charge in [0.15, 0.2) is 11.6 Å². The molecule has 1 fully saturated rings. The first-order chi connectivity index (χ1) is 14.4. The fraction of sp³-hybridized carbons (Fsp3) is 0.455. The van der Waals surface area contributed by atoms with Crippen LogP contribution in [0.2, 0.25) is 0 Å². The third-order valence-electron chi connectivity index (χ3n) is 4.76. The van der Waals surface area contributed by atoms with Gasteiger partial charge < -0.3 is 19.9 Å². The molecule has 1 saturated carbocycles. The number of hydrogen-bond donors (Lipinski definition) is 3. The number of ether oxygens (including phenoxy) is 1. The van der Waals surface area contributed by atoms with E-state index in [1.807, 2.05) is 13.8 Å². The lowest BCUT2D eigenvalue weighted by atomic mass is 10.2. The van der Waals surface area contributed by atoms with E-state index in [0.717, 1.165) is 25.3 Å². The summed E-state index contributed by atoms with van der Waals surface area (Å²) in [5, 5.41) is 11.7. The molecule has 0 bridgehead atoms. The zero-order valence-corrected chi connectivity index (χ0v) is 18.6. The van der Waals surface area contributed by atoms with Crippen molar-refractivity contribution < 1.29 is 23.0 Å². The second-order valence-electron chi connectivity index (χ2n) is 6.95. The molecule has 3 N–H and O–H groups in total. The van der Waals surface area contributed by atoms with Gasteiger partial charge in [-0.3, -0.25) is 0 Å². The van der Waals surface area contributed by atoms with Crippen LogP contribution in [0.25, 0.3) is 0 Å². The van der Waals surface area contributed by atoms with Crippen LogP contribution in [0.5, 0.6) is 5.75 Å². The number of anilines is 3. The summed E-state index contributed by atoms with van der Waals surface area (Å²) in [4.78, 5) is 0. The van der Waals surface area contributed by atoms with Gasteiger partial charge in [0.2, 0.25) is 0 Å². The Hall–Kier alpha value is -2.06. The van der Waals surface area contributed by atoms with Crippen LogP contribution in [-0.4, -0.2) is 23.6 Å². The van der Waals surface area contributed by atoms with Crippen molar-refractivity contribution in [1.29, 1.82) is 0 Å². The molecule has 4 nitrogen and oxygen atoms in total. The van der Waals surface area contributed by atoms with Crippen molar-refractivity contribution in [2.45, 2.75) is 51.2 Å². The minimum Gasteiger partial charge on any atom is -0.494 e. The Bertz CT molecular complexity index is 861. The second kappa shape index (κ2) is 10.8. The lowest BCUT2D eigenvalue weighted by Crippen LogP contribution is -2.10. The van der Waals surface area contributed by atoms with Crippen LogP contribution in [0, 0.1) is 24.4 Å². The van der Waals surface area contributed by atoms with Crippen molar-refractivity contribution >= 4 is 29.0 Å². The van der Waals surface area contributed by atoms with Crippen molar-refractivity contribution in [1.82, 2.24) is 0 Å². The monoisotopic (exact) mass is 442 g/mol. The maximum atomic E-state index is 14.6. The highest BCUT2D eigenvalue weighted by Gasteiger charge is 2.43. The first-order valence-electron chi connectivity index (χ1n) is 10.0. The van der Waals surface area contributed by atoms with Crippen LogP contribution in [0.15, 0.2) is 24.3 Å². The van der Waals surface area contributed by atoms with E-state index in [0.29, 0.717) is 12.0 Å². The standard InChI is InChI=1S/C20H23F3N2O2S.C2H6/c1-12-4-5-15(13(21)10-12)24-19-17(23)14(22)11-16(27-2)18(19)25-28-20(7-8-20)6-3-9-26;1-2/h4-5,10-11,24-26H,3,6-9H2,1-2H3;1-2H3. The number of aliphatic hydroxyl groups excluding tert-OH is 1. The summed E-state index contributed by atoms with van der Waals surface area (Å²) < 4.78 is 51.2. The maximum absolute atomic E-state index is 14.6. The zero-order valence-electron chi connectivity index (χ0n) is 17.7. The van der Waals surface area contributed by atoms with E-state index in [1.54, 1.807) is 13.0 Å². The van der Waals surface area contributed by atoms with Crippen molar-refractivity contribution in [2.24, 2.45) is 0 Å². The van der Waals surface area contributed by atoms with Gasteiger partial charge >= 0.3 is 0 Å². The minimum absolute atomic E-state index is 0.0339. The van der Waals surface area contributed by atoms with Crippen LogP contribution < -0.4 is 14.8 Å². The summed E-state index contributed by atoms with van der Waals surface area (Å²) in [6.07, 6.45) is 3.41. The summed E-state index contributed by atoms with van der Waals surface area (Å²) in [6.45, 7) is 5.85.